The van der Waals surface area contributed by atoms with Crippen LogP contribution in [0.15, 0.2) is 48.5 Å². The first kappa shape index (κ1) is 19.7. The number of benzene rings is 2. The largest absolute Gasteiger partial charge is 0.493 e. The zero-order valence-electron chi connectivity index (χ0n) is 16.3. The van der Waals surface area contributed by atoms with Crippen LogP contribution >= 0.6 is 0 Å². The molecule has 0 aromatic heterocycles. The van der Waals surface area contributed by atoms with Gasteiger partial charge in [-0.05, 0) is 42.7 Å². The van der Waals surface area contributed by atoms with Crippen LogP contribution in [0.25, 0.3) is 0 Å². The lowest BCUT2D eigenvalue weighted by molar-refractivity contribution is -0.132. The summed E-state index contributed by atoms with van der Waals surface area (Å²) in [6.07, 6.45) is 3.26. The Morgan fingerprint density at radius 1 is 1.00 bits per heavy atom. The summed E-state index contributed by atoms with van der Waals surface area (Å²) < 4.78 is 11.2. The van der Waals surface area contributed by atoms with Crippen LogP contribution in [0, 0.1) is 0 Å². The van der Waals surface area contributed by atoms with Gasteiger partial charge < -0.3 is 20.1 Å². The molecule has 1 aliphatic rings. The van der Waals surface area contributed by atoms with Gasteiger partial charge in [-0.25, -0.2) is 0 Å². The maximum absolute atomic E-state index is 12.7. The number of hydrogen-bond acceptors (Lipinski definition) is 4. The third kappa shape index (κ3) is 4.63. The average Bonchev–Trinajstić information content (AvgIpc) is 3.16. The van der Waals surface area contributed by atoms with Crippen LogP contribution in [-0.4, -0.2) is 24.5 Å². The number of nitrogens with one attached hydrogen (secondary N) is 2. The molecule has 2 aromatic carbocycles. The van der Waals surface area contributed by atoms with Gasteiger partial charge in [0.2, 0.25) is 11.8 Å². The van der Waals surface area contributed by atoms with Gasteiger partial charge in [0.15, 0.2) is 11.5 Å². The molecule has 0 bridgehead atoms. The minimum atomic E-state index is -0.765. The number of rotatable bonds is 7. The lowest BCUT2D eigenvalue weighted by Gasteiger charge is -2.28. The van der Waals surface area contributed by atoms with Gasteiger partial charge in [0.25, 0.3) is 0 Å². The van der Waals surface area contributed by atoms with Gasteiger partial charge in [-0.2, -0.15) is 0 Å². The highest BCUT2D eigenvalue weighted by Gasteiger charge is 2.41. The summed E-state index contributed by atoms with van der Waals surface area (Å²) in [7, 11) is 1.60. The van der Waals surface area contributed by atoms with Crippen molar-refractivity contribution in [3.05, 3.63) is 54.1 Å². The van der Waals surface area contributed by atoms with Gasteiger partial charge in [0.05, 0.1) is 7.11 Å². The van der Waals surface area contributed by atoms with Crippen molar-refractivity contribution in [3.8, 4) is 17.2 Å². The van der Waals surface area contributed by atoms with Crippen molar-refractivity contribution in [3.63, 3.8) is 0 Å². The van der Waals surface area contributed by atoms with Crippen molar-refractivity contribution in [2.24, 2.45) is 0 Å². The van der Waals surface area contributed by atoms with E-state index in [0.29, 0.717) is 36.6 Å². The summed E-state index contributed by atoms with van der Waals surface area (Å²) in [5.74, 6) is 1.71. The van der Waals surface area contributed by atoms with Crippen molar-refractivity contribution in [1.82, 2.24) is 10.6 Å². The Hall–Kier alpha value is -3.02. The lowest BCUT2D eigenvalue weighted by atomic mass is 9.96. The van der Waals surface area contributed by atoms with E-state index in [0.717, 1.165) is 18.4 Å². The Balaban J connectivity index is 1.60. The van der Waals surface area contributed by atoms with Crippen LogP contribution in [-0.2, 0) is 16.1 Å². The maximum Gasteiger partial charge on any atom is 0.246 e. The Kier molecular flexibility index (Phi) is 6.19. The van der Waals surface area contributed by atoms with E-state index in [-0.39, 0.29) is 11.8 Å². The molecule has 0 atom stereocenters. The molecular formula is C22H26N2O4. The zero-order valence-corrected chi connectivity index (χ0v) is 16.3. The summed E-state index contributed by atoms with van der Waals surface area (Å²) in [6.45, 7) is 1.85. The molecule has 0 spiro atoms. The second-order valence-corrected chi connectivity index (χ2v) is 7.05. The summed E-state index contributed by atoms with van der Waals surface area (Å²) in [6, 6.07) is 15.0. The number of methoxy groups -OCH3 is 1. The van der Waals surface area contributed by atoms with Gasteiger partial charge in [-0.15, -0.1) is 0 Å². The molecule has 6 nitrogen and oxygen atoms in total. The smallest absolute Gasteiger partial charge is 0.246 e. The Bertz CT molecular complexity index is 827. The standard InChI is InChI=1S/C22H26N2O4/c1-16(25)24-22(13-5-6-14-22)21(26)23-15-17-9-11-18(12-10-17)28-20-8-4-3-7-19(20)27-2/h3-4,7-12H,5-6,13-15H2,1-2H3,(H,23,26)(H,24,25). The molecule has 6 heteroatoms. The lowest BCUT2D eigenvalue weighted by Crippen LogP contribution is -2.56. The molecule has 0 radical (unpaired) electrons. The van der Waals surface area contributed by atoms with E-state index in [1.54, 1.807) is 7.11 Å². The fourth-order valence-electron chi connectivity index (χ4n) is 3.58. The van der Waals surface area contributed by atoms with Gasteiger partial charge in [-0.3, -0.25) is 9.59 Å². The highest BCUT2D eigenvalue weighted by Crippen LogP contribution is 2.31. The van der Waals surface area contributed by atoms with Crippen molar-refractivity contribution < 1.29 is 19.1 Å². The third-order valence-electron chi connectivity index (χ3n) is 4.98. The number of carbonyl (C=O) groups is 2. The quantitative estimate of drug-likeness (QED) is 0.768. The molecule has 0 aliphatic heterocycles. The fraction of sp³-hybridized carbons (Fsp3) is 0.364. The normalized spacial score (nSPS) is 14.9. The highest BCUT2D eigenvalue weighted by molar-refractivity contribution is 5.91. The highest BCUT2D eigenvalue weighted by atomic mass is 16.5. The molecule has 28 heavy (non-hydrogen) atoms. The first-order chi connectivity index (χ1) is 13.5. The molecule has 2 amide bonds. The molecule has 0 heterocycles. The SMILES string of the molecule is COc1ccccc1Oc1ccc(CNC(=O)C2(NC(C)=O)CCCC2)cc1. The van der Waals surface area contributed by atoms with Gasteiger partial charge in [0.1, 0.15) is 11.3 Å². The minimum absolute atomic E-state index is 0.116. The first-order valence-corrected chi connectivity index (χ1v) is 9.49. The van der Waals surface area contributed by atoms with E-state index in [4.69, 9.17) is 9.47 Å². The van der Waals surface area contributed by atoms with Gasteiger partial charge in [0, 0.05) is 13.5 Å². The topological polar surface area (TPSA) is 76.7 Å². The molecule has 0 saturated heterocycles. The van der Waals surface area contributed by atoms with Crippen LogP contribution in [0.5, 0.6) is 17.2 Å². The predicted molar refractivity (Wildman–Crippen MR) is 106 cm³/mol. The number of ether oxygens (including phenoxy) is 2. The summed E-state index contributed by atoms with van der Waals surface area (Å²) in [4.78, 5) is 24.2. The molecular weight excluding hydrogens is 356 g/mol. The molecule has 148 valence electrons. The minimum Gasteiger partial charge on any atom is -0.493 e. The van der Waals surface area contributed by atoms with Crippen molar-refractivity contribution in [2.45, 2.75) is 44.7 Å². The van der Waals surface area contributed by atoms with E-state index in [9.17, 15) is 9.59 Å². The second kappa shape index (κ2) is 8.78. The average molecular weight is 382 g/mol. The summed E-state index contributed by atoms with van der Waals surface area (Å²) in [5.41, 5.74) is 0.190. The molecule has 1 aliphatic carbocycles. The van der Waals surface area contributed by atoms with Crippen molar-refractivity contribution in [2.75, 3.05) is 7.11 Å². The Morgan fingerprint density at radius 2 is 1.64 bits per heavy atom. The van der Waals surface area contributed by atoms with Crippen LogP contribution in [0.3, 0.4) is 0 Å². The number of carbonyl (C=O) groups excluding carboxylic acids is 2. The number of amides is 2. The molecule has 3 rings (SSSR count). The van der Waals surface area contributed by atoms with E-state index in [1.165, 1.54) is 6.92 Å². The molecule has 2 aromatic rings. The van der Waals surface area contributed by atoms with E-state index < -0.39 is 5.54 Å². The second-order valence-electron chi connectivity index (χ2n) is 7.05. The van der Waals surface area contributed by atoms with Crippen LogP contribution < -0.4 is 20.1 Å². The number of para-hydroxylation sites is 2. The summed E-state index contributed by atoms with van der Waals surface area (Å²) >= 11 is 0. The number of hydrogen-bond donors (Lipinski definition) is 2. The Labute approximate surface area is 165 Å². The third-order valence-corrected chi connectivity index (χ3v) is 4.98. The monoisotopic (exact) mass is 382 g/mol. The maximum atomic E-state index is 12.7. The Morgan fingerprint density at radius 3 is 2.25 bits per heavy atom. The van der Waals surface area contributed by atoms with Crippen LogP contribution in [0.1, 0.15) is 38.2 Å². The van der Waals surface area contributed by atoms with E-state index in [1.807, 2.05) is 48.5 Å². The van der Waals surface area contributed by atoms with Gasteiger partial charge in [-0.1, -0.05) is 37.1 Å². The summed E-state index contributed by atoms with van der Waals surface area (Å²) in [5, 5.41) is 5.82. The molecule has 1 saturated carbocycles. The van der Waals surface area contributed by atoms with Gasteiger partial charge >= 0.3 is 0 Å². The van der Waals surface area contributed by atoms with Crippen LogP contribution in [0.2, 0.25) is 0 Å². The molecule has 0 unspecified atom stereocenters. The molecule has 1 fully saturated rings. The first-order valence-electron chi connectivity index (χ1n) is 9.49. The van der Waals surface area contributed by atoms with Crippen molar-refractivity contribution in [1.29, 1.82) is 0 Å². The van der Waals surface area contributed by atoms with Crippen LogP contribution in [0.4, 0.5) is 0 Å². The molecule has 2 N–H and O–H groups in total. The fourth-order valence-corrected chi connectivity index (χ4v) is 3.58. The zero-order chi connectivity index (χ0) is 20.0. The predicted octanol–water partition coefficient (Wildman–Crippen LogP) is 3.55. The van der Waals surface area contributed by atoms with Crippen molar-refractivity contribution >= 4 is 11.8 Å². The van der Waals surface area contributed by atoms with E-state index in [2.05, 4.69) is 10.6 Å². The van der Waals surface area contributed by atoms with E-state index >= 15 is 0 Å².